The molecule has 4 aromatic rings. The van der Waals surface area contributed by atoms with Crippen LogP contribution in [0, 0.1) is 0 Å². The van der Waals surface area contributed by atoms with Crippen molar-refractivity contribution in [1.82, 2.24) is 0 Å². The molecule has 0 bridgehead atoms. The molecule has 0 spiro atoms. The molecule has 31 nitrogen and oxygen atoms in total. The van der Waals surface area contributed by atoms with Gasteiger partial charge in [-0.15, -0.1) is 0 Å². The Morgan fingerprint density at radius 1 is 0.538 bits per heavy atom. The van der Waals surface area contributed by atoms with Crippen molar-refractivity contribution >= 4 is 30.2 Å². The molecular formula is C60H71O31+. The van der Waals surface area contributed by atoms with Crippen LogP contribution in [0.3, 0.4) is 0 Å². The lowest BCUT2D eigenvalue weighted by molar-refractivity contribution is -0.325. The number of hydrogen-bond acceptors (Lipinski definition) is 30. The molecule has 0 aliphatic carbocycles. The number of aromatic hydroxyl groups is 4. The van der Waals surface area contributed by atoms with Gasteiger partial charge in [-0.25, -0.2) is 9.59 Å². The summed E-state index contributed by atoms with van der Waals surface area (Å²) in [5.41, 5.74) is 1.15. The molecule has 0 amide bonds. The minimum absolute atomic E-state index is 0.0132. The van der Waals surface area contributed by atoms with Crippen molar-refractivity contribution in [3.8, 4) is 51.7 Å². The molecule has 5 heterocycles. The van der Waals surface area contributed by atoms with Gasteiger partial charge in [0.15, 0.2) is 41.2 Å². The van der Waals surface area contributed by atoms with Gasteiger partial charge in [0.2, 0.25) is 24.6 Å². The van der Waals surface area contributed by atoms with Gasteiger partial charge in [0.25, 0.3) is 11.9 Å². The van der Waals surface area contributed by atoms with Crippen LogP contribution in [0.1, 0.15) is 35.3 Å². The first-order valence-electron chi connectivity index (χ1n) is 28.2. The number of benzene rings is 4. The second kappa shape index (κ2) is 29.3. The fourth-order valence-corrected chi connectivity index (χ4v) is 10.3. The number of methoxy groups -OCH3 is 3. The lowest BCUT2D eigenvalue weighted by Crippen LogP contribution is -2.61. The Hall–Kier alpha value is -7.64. The molecule has 5 aliphatic heterocycles. The first-order valence-corrected chi connectivity index (χ1v) is 28.2. The zero-order valence-electron chi connectivity index (χ0n) is 48.8. The van der Waals surface area contributed by atoms with Crippen molar-refractivity contribution in [2.45, 2.75) is 136 Å². The van der Waals surface area contributed by atoms with Gasteiger partial charge in [-0.05, 0) is 66.6 Å². The molecule has 4 saturated heterocycles. The smallest absolute Gasteiger partial charge is 0.331 e. The molecule has 0 radical (unpaired) electrons. The van der Waals surface area contributed by atoms with Gasteiger partial charge in [-0.3, -0.25) is 0 Å². The number of fused-ring (bicyclic) bond motifs is 1. The molecule has 16 N–H and O–H groups in total. The largest absolute Gasteiger partial charge is 0.571 e. The molecular weight excluding hydrogens is 1220 g/mol. The van der Waals surface area contributed by atoms with Gasteiger partial charge in [-0.2, -0.15) is 0 Å². The van der Waals surface area contributed by atoms with E-state index in [1.165, 1.54) is 107 Å². The highest BCUT2D eigenvalue weighted by Gasteiger charge is 2.51. The van der Waals surface area contributed by atoms with Crippen molar-refractivity contribution in [2.75, 3.05) is 41.2 Å². The highest BCUT2D eigenvalue weighted by atomic mass is 16.7. The normalized spacial score (nSPS) is 33.2. The predicted octanol–water partition coefficient (Wildman–Crippen LogP) is -2.28. The van der Waals surface area contributed by atoms with Crippen LogP contribution < -0.4 is 23.7 Å². The van der Waals surface area contributed by atoms with E-state index in [1.807, 2.05) is 0 Å². The van der Waals surface area contributed by atoms with E-state index in [1.54, 1.807) is 0 Å². The minimum atomic E-state index is -2.01. The van der Waals surface area contributed by atoms with Crippen LogP contribution >= 0.6 is 0 Å². The number of hydrogen-bond donors (Lipinski definition) is 15. The van der Waals surface area contributed by atoms with E-state index in [4.69, 9.17) is 66.3 Å². The number of rotatable bonds is 21. The number of aliphatic hydroxyl groups is 13. The molecule has 5 aliphatic rings. The quantitative estimate of drug-likeness (QED) is 0.0237. The van der Waals surface area contributed by atoms with Gasteiger partial charge in [0.1, 0.15) is 115 Å². The van der Waals surface area contributed by atoms with Crippen molar-refractivity contribution in [2.24, 2.45) is 0 Å². The summed E-state index contributed by atoms with van der Waals surface area (Å²) >= 11 is 0. The standard InChI is InChI=1S/C60H70O31/c1-24-55(91-42(65)14-8-25-5-10-29(11-6-25)84-58-51(74)48(71)45(68)39(89-58)22-81-41(64)13-9-26-7-12-31(63)34(15-26)78-2)50(73)54(77)57(83-24)82-23-40-46(69)49(72)53(76)60(90-40)87-37-20-30-32(85-56(37)27-16-35(79-3)43(66)36(17-27)80-4)18-28(62)19-33(30)86-59-52(75)47(70)44(67)38(21-61)88-59/h5-20,24,38-40,44-63,66-77H,21-23H2,1-4H3/p+1/b13-9+,14-8+/t24-,38-,39-,40-,44+,45+,46+,47+,48+,49-,50+,51-,52-,53-,54+,55+,56?,57-,58-,59-,60-/m1/s1. The maximum absolute atomic E-state index is 13.1. The van der Waals surface area contributed by atoms with E-state index >= 15 is 0 Å². The van der Waals surface area contributed by atoms with Gasteiger partial charge in [0.05, 0.1) is 52.3 Å². The van der Waals surface area contributed by atoms with Crippen LogP contribution in [0.15, 0.2) is 84.6 Å². The van der Waals surface area contributed by atoms with Crippen LogP contribution in [-0.2, 0) is 47.5 Å². The lowest BCUT2D eigenvalue weighted by atomic mass is 9.97. The molecule has 4 aromatic carbocycles. The topological polar surface area (TPSA) is 470 Å². The third-order valence-corrected chi connectivity index (χ3v) is 15.4. The van der Waals surface area contributed by atoms with Crippen molar-refractivity contribution in [3.05, 3.63) is 107 Å². The molecule has 9 rings (SSSR count). The second-order valence-electron chi connectivity index (χ2n) is 21.5. The Labute approximate surface area is 516 Å². The van der Waals surface area contributed by atoms with E-state index < -0.39 is 166 Å². The van der Waals surface area contributed by atoms with Gasteiger partial charge in [0, 0.05) is 24.3 Å². The van der Waals surface area contributed by atoms with Crippen LogP contribution in [0.2, 0.25) is 0 Å². The molecule has 0 aromatic heterocycles. The number of carbonyl (C=O) groups is 2. The number of ether oxygens (including phenoxy) is 14. The molecule has 1 unspecified atom stereocenters. The molecule has 21 atom stereocenters. The third kappa shape index (κ3) is 15.2. The number of phenols is 3. The molecule has 0 saturated carbocycles. The highest BCUT2D eigenvalue weighted by Crippen LogP contribution is 2.49. The van der Waals surface area contributed by atoms with Crippen LogP contribution in [0.25, 0.3) is 18.2 Å². The number of aliphatic hydroxyl groups excluding tert-OH is 12. The summed E-state index contributed by atoms with van der Waals surface area (Å²) in [4.78, 5) is 25.6. The van der Waals surface area contributed by atoms with Crippen LogP contribution in [0.5, 0.6) is 51.7 Å². The van der Waals surface area contributed by atoms with Crippen molar-refractivity contribution in [1.29, 1.82) is 0 Å². The molecule has 31 heteroatoms. The van der Waals surface area contributed by atoms with E-state index in [0.717, 1.165) is 18.2 Å². The van der Waals surface area contributed by atoms with Gasteiger partial charge >= 0.3 is 11.9 Å². The highest BCUT2D eigenvalue weighted by molar-refractivity contribution is 5.88. The van der Waals surface area contributed by atoms with E-state index in [9.17, 15) is 86.2 Å². The van der Waals surface area contributed by atoms with Crippen LogP contribution in [0.4, 0.5) is 0 Å². The number of esters is 2. The maximum Gasteiger partial charge on any atom is 0.331 e. The van der Waals surface area contributed by atoms with Crippen LogP contribution in [-0.4, -0.2) is 257 Å². The Morgan fingerprint density at radius 2 is 1.08 bits per heavy atom. The summed E-state index contributed by atoms with van der Waals surface area (Å²) in [6, 6.07) is 15.3. The Balaban J connectivity index is 0.812. The summed E-state index contributed by atoms with van der Waals surface area (Å²) in [5.74, 6) is -3.05. The lowest BCUT2D eigenvalue weighted by Gasteiger charge is -2.43. The average molecular weight is 1290 g/mol. The molecule has 91 heavy (non-hydrogen) atoms. The fraction of sp³-hybridized carbons (Fsp3) is 0.467. The summed E-state index contributed by atoms with van der Waals surface area (Å²) in [6.07, 6.45) is -29.2. The van der Waals surface area contributed by atoms with E-state index in [0.29, 0.717) is 11.1 Å². The fourth-order valence-electron chi connectivity index (χ4n) is 10.3. The SMILES string of the molecule is COc1cc(/C=C/C(=O)OC[C@H]2O[C@@H](Oc3ccc(/C=C/C(=O)O[C@@H]4[C@@H](O)[C@H](O)[C@H](OC[C@H]5O[C@@H](OC6=Cc7c(O[C@@H]8O[C@H](CO)[C@H](O)[C@H](O)[C@H]8O)cc(O)cc7[OH+]C6c6cc(OC)c(O)c(OC)c6)[C@H](O)[C@H](O)[C@H]5O)O[C@@H]4C)cc3)[C@H](O)[C@@H](O)[C@H]2O)ccc1O. The zero-order valence-corrected chi connectivity index (χ0v) is 48.8. The van der Waals surface area contributed by atoms with Gasteiger partial charge < -0.3 is 143 Å². The van der Waals surface area contributed by atoms with E-state index in [-0.39, 0.29) is 62.9 Å². The summed E-state index contributed by atoms with van der Waals surface area (Å²) < 4.78 is 77.9. The minimum Gasteiger partial charge on any atom is -0.571 e. The number of phenolic OH excluding ortho intramolecular Hbond substituents is 3. The predicted molar refractivity (Wildman–Crippen MR) is 303 cm³/mol. The molecule has 496 valence electrons. The van der Waals surface area contributed by atoms with E-state index in [2.05, 4.69) is 0 Å². The summed E-state index contributed by atoms with van der Waals surface area (Å²) in [5, 5.41) is 161. The Kier molecular flexibility index (Phi) is 21.8. The average Bonchev–Trinajstić information content (AvgIpc) is 0.852. The van der Waals surface area contributed by atoms with Crippen molar-refractivity contribution in [3.63, 3.8) is 0 Å². The number of carbonyl (C=O) groups excluding carboxylic acids is 2. The first kappa shape index (κ1) is 67.7. The maximum atomic E-state index is 13.1. The first-order chi connectivity index (χ1) is 43.4. The monoisotopic (exact) mass is 1290 g/mol. The van der Waals surface area contributed by atoms with Gasteiger partial charge in [-0.1, -0.05) is 18.2 Å². The second-order valence-corrected chi connectivity index (χ2v) is 21.5. The summed E-state index contributed by atoms with van der Waals surface area (Å²) in [7, 11) is 3.90. The zero-order chi connectivity index (χ0) is 65.7. The Morgan fingerprint density at radius 3 is 1.69 bits per heavy atom. The van der Waals surface area contributed by atoms with Crippen molar-refractivity contribution < 1.29 is 153 Å². The third-order valence-electron chi connectivity index (χ3n) is 15.4. The Bertz CT molecular complexity index is 3220. The summed E-state index contributed by atoms with van der Waals surface area (Å²) in [6.45, 7) is -0.640. The molecule has 4 fully saturated rings.